The van der Waals surface area contributed by atoms with Gasteiger partial charge < -0.3 is 10.0 Å². The molecule has 1 aromatic rings. The highest BCUT2D eigenvalue weighted by molar-refractivity contribution is 5.92. The van der Waals surface area contributed by atoms with Crippen molar-refractivity contribution in [1.82, 2.24) is 4.90 Å². The fraction of sp³-hybridized carbons (Fsp3) is 0.0714. The molecule has 0 bridgehead atoms. The summed E-state index contributed by atoms with van der Waals surface area (Å²) in [6.45, 7) is 3.91. The van der Waals surface area contributed by atoms with Crippen LogP contribution in [-0.4, -0.2) is 16.0 Å². The predicted octanol–water partition coefficient (Wildman–Crippen LogP) is 2.82. The third-order valence-electron chi connectivity index (χ3n) is 2.75. The lowest BCUT2D eigenvalue weighted by atomic mass is 10.1. The second-order valence-corrected chi connectivity index (χ2v) is 4.05. The van der Waals surface area contributed by atoms with E-state index in [9.17, 15) is 13.6 Å². The van der Waals surface area contributed by atoms with E-state index >= 15 is 0 Å². The molecule has 0 atom stereocenters. The van der Waals surface area contributed by atoms with Crippen molar-refractivity contribution in [3.63, 3.8) is 0 Å². The van der Waals surface area contributed by atoms with E-state index in [1.165, 1.54) is 12.1 Å². The molecular weight excluding hydrogens is 252 g/mol. The first-order valence-corrected chi connectivity index (χ1v) is 5.50. The molecule has 0 fully saturated rings. The molecule has 0 saturated heterocycles. The van der Waals surface area contributed by atoms with Crippen molar-refractivity contribution in [3.8, 4) is 0 Å². The number of hydrogen-bond donors (Lipinski definition) is 1. The first-order chi connectivity index (χ1) is 8.99. The van der Waals surface area contributed by atoms with Gasteiger partial charge in [0.25, 0.3) is 0 Å². The van der Waals surface area contributed by atoms with Crippen molar-refractivity contribution in [2.45, 2.75) is 6.54 Å². The molecule has 0 amide bonds. The van der Waals surface area contributed by atoms with Gasteiger partial charge in [0, 0.05) is 18.4 Å². The zero-order valence-electron chi connectivity index (χ0n) is 9.94. The van der Waals surface area contributed by atoms with Gasteiger partial charge in [0.05, 0.1) is 5.57 Å². The summed E-state index contributed by atoms with van der Waals surface area (Å²) < 4.78 is 25.9. The summed E-state index contributed by atoms with van der Waals surface area (Å²) in [6.07, 6.45) is 4.64. The van der Waals surface area contributed by atoms with Crippen molar-refractivity contribution in [2.24, 2.45) is 0 Å². The van der Waals surface area contributed by atoms with Crippen LogP contribution in [0.25, 0.3) is 0 Å². The number of carbonyl (C=O) groups is 1. The Labute approximate surface area is 108 Å². The lowest BCUT2D eigenvalue weighted by Gasteiger charge is -2.25. The maximum absolute atomic E-state index is 13.1. The fourth-order valence-corrected chi connectivity index (χ4v) is 1.76. The number of carboxylic acid groups (broad SMARTS) is 1. The lowest BCUT2D eigenvalue weighted by molar-refractivity contribution is -0.132. The molecule has 19 heavy (non-hydrogen) atoms. The molecule has 0 saturated carbocycles. The molecule has 1 aliphatic heterocycles. The monoisotopic (exact) mass is 263 g/mol. The van der Waals surface area contributed by atoms with Crippen LogP contribution < -0.4 is 0 Å². The minimum Gasteiger partial charge on any atom is -0.478 e. The van der Waals surface area contributed by atoms with Crippen LogP contribution in [0.3, 0.4) is 0 Å². The van der Waals surface area contributed by atoms with Gasteiger partial charge in [0.2, 0.25) is 0 Å². The normalized spacial score (nSPS) is 14.5. The van der Waals surface area contributed by atoms with E-state index < -0.39 is 17.6 Å². The Morgan fingerprint density at radius 3 is 2.68 bits per heavy atom. The van der Waals surface area contributed by atoms with Gasteiger partial charge in [-0.2, -0.15) is 0 Å². The zero-order chi connectivity index (χ0) is 14.0. The van der Waals surface area contributed by atoms with E-state index in [1.807, 2.05) is 0 Å². The Morgan fingerprint density at radius 1 is 1.32 bits per heavy atom. The van der Waals surface area contributed by atoms with E-state index in [0.717, 1.165) is 12.1 Å². The van der Waals surface area contributed by atoms with Crippen molar-refractivity contribution in [2.75, 3.05) is 0 Å². The summed E-state index contributed by atoms with van der Waals surface area (Å²) in [4.78, 5) is 12.5. The first-order valence-electron chi connectivity index (χ1n) is 5.50. The van der Waals surface area contributed by atoms with Gasteiger partial charge in [0.1, 0.15) is 0 Å². The molecule has 0 spiro atoms. The lowest BCUT2D eigenvalue weighted by Crippen LogP contribution is -2.22. The molecule has 0 radical (unpaired) electrons. The molecule has 1 aliphatic rings. The van der Waals surface area contributed by atoms with Crippen LogP contribution in [0.2, 0.25) is 0 Å². The van der Waals surface area contributed by atoms with Crippen LogP contribution in [0, 0.1) is 11.6 Å². The Hall–Kier alpha value is -2.43. The van der Waals surface area contributed by atoms with Gasteiger partial charge in [-0.1, -0.05) is 12.6 Å². The van der Waals surface area contributed by atoms with E-state index in [0.29, 0.717) is 11.3 Å². The van der Waals surface area contributed by atoms with Crippen LogP contribution in [0.5, 0.6) is 0 Å². The van der Waals surface area contributed by atoms with E-state index in [4.69, 9.17) is 5.11 Å². The average molecular weight is 263 g/mol. The molecule has 98 valence electrons. The number of hydrogen-bond acceptors (Lipinski definition) is 2. The number of benzene rings is 1. The van der Waals surface area contributed by atoms with Crippen LogP contribution in [0.1, 0.15) is 5.56 Å². The minimum absolute atomic E-state index is 0.0742. The second-order valence-electron chi connectivity index (χ2n) is 4.05. The Bertz CT molecular complexity index is 605. The molecule has 0 aliphatic carbocycles. The number of nitrogens with zero attached hydrogens (tertiary/aromatic N) is 1. The van der Waals surface area contributed by atoms with Gasteiger partial charge in [-0.15, -0.1) is 0 Å². The van der Waals surface area contributed by atoms with Crippen LogP contribution >= 0.6 is 0 Å². The number of rotatable bonds is 3. The van der Waals surface area contributed by atoms with Gasteiger partial charge in [0.15, 0.2) is 11.6 Å². The standard InChI is InChI=1S/C14H11F2NO2/c1-9-11(14(18)19)3-2-6-17(9)8-10-4-5-12(15)13(16)7-10/h2-7H,1,8H2,(H,18,19). The van der Waals surface area contributed by atoms with Gasteiger partial charge >= 0.3 is 5.97 Å². The van der Waals surface area contributed by atoms with Crippen molar-refractivity contribution in [1.29, 1.82) is 0 Å². The Morgan fingerprint density at radius 2 is 2.05 bits per heavy atom. The molecule has 1 heterocycles. The molecule has 0 aromatic heterocycles. The average Bonchev–Trinajstić information content (AvgIpc) is 2.36. The Kier molecular flexibility index (Phi) is 3.46. The summed E-state index contributed by atoms with van der Waals surface area (Å²) in [5, 5.41) is 8.97. The first kappa shape index (κ1) is 13.0. The SMILES string of the molecule is C=C1C(C(=O)O)=CC=CN1Cc1ccc(F)c(F)c1. The van der Waals surface area contributed by atoms with Crippen LogP contribution in [0.15, 0.2) is 54.4 Å². The molecule has 1 aromatic carbocycles. The number of carboxylic acids is 1. The highest BCUT2D eigenvalue weighted by Crippen LogP contribution is 2.22. The van der Waals surface area contributed by atoms with Crippen LogP contribution in [-0.2, 0) is 11.3 Å². The van der Waals surface area contributed by atoms with Gasteiger partial charge in [-0.05, 0) is 29.8 Å². The van der Waals surface area contributed by atoms with Crippen LogP contribution in [0.4, 0.5) is 8.78 Å². The summed E-state index contributed by atoms with van der Waals surface area (Å²) in [5.74, 6) is -2.93. The number of halogens is 2. The van der Waals surface area contributed by atoms with E-state index in [-0.39, 0.29) is 12.1 Å². The maximum Gasteiger partial charge on any atom is 0.337 e. The second kappa shape index (κ2) is 5.06. The smallest absolute Gasteiger partial charge is 0.337 e. The molecule has 2 rings (SSSR count). The maximum atomic E-state index is 13.1. The zero-order valence-corrected chi connectivity index (χ0v) is 9.94. The fourth-order valence-electron chi connectivity index (χ4n) is 1.76. The summed E-state index contributed by atoms with van der Waals surface area (Å²) in [7, 11) is 0. The summed E-state index contributed by atoms with van der Waals surface area (Å²) in [5.41, 5.74) is 0.904. The molecule has 3 nitrogen and oxygen atoms in total. The highest BCUT2D eigenvalue weighted by Gasteiger charge is 2.18. The molecule has 0 unspecified atom stereocenters. The quantitative estimate of drug-likeness (QED) is 0.911. The van der Waals surface area contributed by atoms with Crippen molar-refractivity contribution < 1.29 is 18.7 Å². The summed E-state index contributed by atoms with van der Waals surface area (Å²) in [6, 6.07) is 3.56. The van der Waals surface area contributed by atoms with E-state index in [2.05, 4.69) is 6.58 Å². The Balaban J connectivity index is 2.18. The largest absolute Gasteiger partial charge is 0.478 e. The third kappa shape index (κ3) is 2.70. The molecule has 5 heteroatoms. The topological polar surface area (TPSA) is 40.5 Å². The van der Waals surface area contributed by atoms with E-state index in [1.54, 1.807) is 17.2 Å². The predicted molar refractivity (Wildman–Crippen MR) is 65.9 cm³/mol. The number of allylic oxidation sites excluding steroid dienone is 2. The third-order valence-corrected chi connectivity index (χ3v) is 2.75. The highest BCUT2D eigenvalue weighted by atomic mass is 19.2. The van der Waals surface area contributed by atoms with Gasteiger partial charge in [-0.3, -0.25) is 0 Å². The van der Waals surface area contributed by atoms with Crippen molar-refractivity contribution >= 4 is 5.97 Å². The van der Waals surface area contributed by atoms with Crippen molar-refractivity contribution in [3.05, 3.63) is 71.6 Å². The molecule has 1 N–H and O–H groups in total. The number of aliphatic carboxylic acids is 1. The summed E-state index contributed by atoms with van der Waals surface area (Å²) >= 11 is 0. The van der Waals surface area contributed by atoms with Gasteiger partial charge in [-0.25, -0.2) is 13.6 Å². The minimum atomic E-state index is -1.08. The molecular formula is C14H11F2NO2.